The Morgan fingerprint density at radius 1 is 0.688 bits per heavy atom. The maximum Gasteiger partial charge on any atom is 0.276 e. The Hall–Kier alpha value is -2.78. The van der Waals surface area contributed by atoms with Gasteiger partial charge in [-0.2, -0.15) is 16.8 Å². The van der Waals surface area contributed by atoms with E-state index in [1.54, 1.807) is 36.4 Å². The topological polar surface area (TPSA) is 97.7 Å². The average Bonchev–Trinajstić information content (AvgIpc) is 3.28. The molecule has 0 aromatic heterocycles. The first kappa shape index (κ1) is 19.9. The van der Waals surface area contributed by atoms with Crippen molar-refractivity contribution in [2.75, 3.05) is 0 Å². The van der Waals surface area contributed by atoms with Crippen molar-refractivity contribution in [3.63, 3.8) is 0 Å². The van der Waals surface area contributed by atoms with Gasteiger partial charge in [-0.05, 0) is 43.8 Å². The molecule has 2 aliphatic carbocycles. The van der Waals surface area contributed by atoms with Crippen LogP contribution < -0.4 is 0 Å². The van der Waals surface area contributed by atoms with Crippen molar-refractivity contribution < 1.29 is 25.6 Å². The summed E-state index contributed by atoms with van der Waals surface area (Å²) in [5, 5.41) is 0.0152. The molecule has 32 heavy (non-hydrogen) atoms. The molecule has 8 heteroatoms. The fourth-order valence-electron chi connectivity index (χ4n) is 5.33. The molecule has 4 aromatic rings. The minimum absolute atomic E-state index is 0.273. The zero-order chi connectivity index (χ0) is 22.3. The largest absolute Gasteiger partial charge is 0.285 e. The molecule has 4 aromatic carbocycles. The quantitative estimate of drug-likeness (QED) is 0.348. The summed E-state index contributed by atoms with van der Waals surface area (Å²) < 4.78 is 67.9. The Bertz CT molecular complexity index is 1630. The van der Waals surface area contributed by atoms with Gasteiger partial charge >= 0.3 is 0 Å². The van der Waals surface area contributed by atoms with Crippen molar-refractivity contribution in [2.45, 2.75) is 23.0 Å². The Balaban J connectivity index is 1.48. The molecule has 1 N–H and O–H groups in total. The second-order valence-electron chi connectivity index (χ2n) is 8.29. The third kappa shape index (κ3) is 2.77. The average molecular weight is 467 g/mol. The second-order valence-corrected chi connectivity index (χ2v) is 11.5. The van der Waals surface area contributed by atoms with Gasteiger partial charge in [-0.15, -0.1) is 0 Å². The highest BCUT2D eigenvalue weighted by Crippen LogP contribution is 2.53. The molecule has 0 aliphatic heterocycles. The van der Waals surface area contributed by atoms with Gasteiger partial charge in [0.1, 0.15) is 16.6 Å². The predicted octanol–water partition coefficient (Wildman–Crippen LogP) is 4.62. The standard InChI is InChI=1S/C24H18O6S2/c25-31(26,27)23-18-11-3-7-15-8-4-12-19(22(15)18)24(23)32(28,29)30-20-13-16-9-1-5-14-6-2-10-17(20)21(14)16/h1-12,20,23-24H,13H2,(H,25,26,27). The Kier molecular flexibility index (Phi) is 4.11. The number of rotatable bonds is 4. The summed E-state index contributed by atoms with van der Waals surface area (Å²) in [5.74, 6) is 0. The van der Waals surface area contributed by atoms with E-state index in [4.69, 9.17) is 4.18 Å². The van der Waals surface area contributed by atoms with Crippen LogP contribution in [0.25, 0.3) is 21.5 Å². The Labute approximate surface area is 185 Å². The van der Waals surface area contributed by atoms with E-state index in [1.807, 2.05) is 36.4 Å². The van der Waals surface area contributed by atoms with E-state index in [0.29, 0.717) is 22.8 Å². The lowest BCUT2D eigenvalue weighted by Crippen LogP contribution is -2.26. The van der Waals surface area contributed by atoms with Gasteiger partial charge in [0, 0.05) is 6.42 Å². The Morgan fingerprint density at radius 2 is 1.22 bits per heavy atom. The molecule has 3 unspecified atom stereocenters. The highest BCUT2D eigenvalue weighted by molar-refractivity contribution is 7.90. The van der Waals surface area contributed by atoms with Crippen molar-refractivity contribution in [3.8, 4) is 0 Å². The van der Waals surface area contributed by atoms with Crippen molar-refractivity contribution in [2.24, 2.45) is 0 Å². The third-order valence-corrected chi connectivity index (χ3v) is 9.50. The molecular weight excluding hydrogens is 448 g/mol. The lowest BCUT2D eigenvalue weighted by molar-refractivity contribution is 0.216. The van der Waals surface area contributed by atoms with Gasteiger partial charge in [-0.3, -0.25) is 8.74 Å². The highest BCUT2D eigenvalue weighted by atomic mass is 32.2. The molecule has 0 heterocycles. The molecule has 0 spiro atoms. The summed E-state index contributed by atoms with van der Waals surface area (Å²) >= 11 is 0. The summed E-state index contributed by atoms with van der Waals surface area (Å²) in [4.78, 5) is 0. The predicted molar refractivity (Wildman–Crippen MR) is 121 cm³/mol. The lowest BCUT2D eigenvalue weighted by atomic mass is 10.1. The number of benzene rings is 4. The first-order valence-electron chi connectivity index (χ1n) is 10.2. The third-order valence-electron chi connectivity index (χ3n) is 6.51. The molecule has 0 bridgehead atoms. The van der Waals surface area contributed by atoms with E-state index < -0.39 is 36.8 Å². The summed E-state index contributed by atoms with van der Waals surface area (Å²) in [6.45, 7) is 0. The Morgan fingerprint density at radius 3 is 1.84 bits per heavy atom. The molecule has 162 valence electrons. The zero-order valence-electron chi connectivity index (χ0n) is 16.7. The van der Waals surface area contributed by atoms with Gasteiger partial charge in [-0.25, -0.2) is 0 Å². The van der Waals surface area contributed by atoms with E-state index in [2.05, 4.69) is 0 Å². The zero-order valence-corrected chi connectivity index (χ0v) is 18.3. The van der Waals surface area contributed by atoms with Crippen molar-refractivity contribution in [3.05, 3.63) is 95.1 Å². The minimum atomic E-state index is -4.74. The maximum atomic E-state index is 13.6. The van der Waals surface area contributed by atoms with E-state index in [9.17, 15) is 21.4 Å². The van der Waals surface area contributed by atoms with Gasteiger partial charge in [0.15, 0.2) is 0 Å². The molecule has 0 saturated carbocycles. The fourth-order valence-corrected chi connectivity index (χ4v) is 8.71. The molecule has 0 saturated heterocycles. The molecular formula is C24H18O6S2. The molecule has 3 atom stereocenters. The number of hydrogen-bond acceptors (Lipinski definition) is 5. The normalized spacial score (nSPS) is 22.1. The van der Waals surface area contributed by atoms with Crippen molar-refractivity contribution >= 4 is 41.8 Å². The van der Waals surface area contributed by atoms with Gasteiger partial charge in [0.25, 0.3) is 20.2 Å². The van der Waals surface area contributed by atoms with Crippen LogP contribution in [-0.2, 0) is 30.8 Å². The van der Waals surface area contributed by atoms with Crippen LogP contribution in [-0.4, -0.2) is 21.4 Å². The summed E-state index contributed by atoms with van der Waals surface area (Å²) in [7, 11) is -9.18. The van der Waals surface area contributed by atoms with Crippen LogP contribution in [0, 0.1) is 0 Å². The van der Waals surface area contributed by atoms with Crippen LogP contribution in [0.3, 0.4) is 0 Å². The van der Waals surface area contributed by atoms with Crippen LogP contribution in [0.5, 0.6) is 0 Å². The van der Waals surface area contributed by atoms with Crippen molar-refractivity contribution in [1.29, 1.82) is 0 Å². The van der Waals surface area contributed by atoms with Gasteiger partial charge in [0.05, 0.1) is 0 Å². The highest BCUT2D eigenvalue weighted by Gasteiger charge is 2.50. The van der Waals surface area contributed by atoms with Crippen LogP contribution >= 0.6 is 0 Å². The van der Waals surface area contributed by atoms with Crippen LogP contribution in [0.15, 0.2) is 72.8 Å². The fraction of sp³-hybridized carbons (Fsp3) is 0.167. The summed E-state index contributed by atoms with van der Waals surface area (Å²) in [5.41, 5.74) is 2.35. The van der Waals surface area contributed by atoms with E-state index in [1.165, 1.54) is 0 Å². The lowest BCUT2D eigenvalue weighted by Gasteiger charge is -2.22. The first-order valence-corrected chi connectivity index (χ1v) is 13.1. The monoisotopic (exact) mass is 466 g/mol. The van der Waals surface area contributed by atoms with E-state index in [-0.39, 0.29) is 5.56 Å². The van der Waals surface area contributed by atoms with E-state index >= 15 is 0 Å². The first-order chi connectivity index (χ1) is 15.3. The van der Waals surface area contributed by atoms with Gasteiger partial charge in [0.2, 0.25) is 0 Å². The molecule has 0 fully saturated rings. The maximum absolute atomic E-state index is 13.6. The molecule has 6 nitrogen and oxygen atoms in total. The second kappa shape index (κ2) is 6.62. The van der Waals surface area contributed by atoms with Crippen LogP contribution in [0.2, 0.25) is 0 Å². The summed E-state index contributed by atoms with van der Waals surface area (Å²) in [6, 6.07) is 21.5. The van der Waals surface area contributed by atoms with Gasteiger partial charge < -0.3 is 0 Å². The number of hydrogen-bond donors (Lipinski definition) is 1. The van der Waals surface area contributed by atoms with Crippen LogP contribution in [0.1, 0.15) is 38.9 Å². The molecule has 6 rings (SSSR count). The smallest absolute Gasteiger partial charge is 0.276 e. The molecule has 2 aliphatic rings. The van der Waals surface area contributed by atoms with Gasteiger partial charge in [-0.1, -0.05) is 72.8 Å². The minimum Gasteiger partial charge on any atom is -0.285 e. The molecule has 0 amide bonds. The van der Waals surface area contributed by atoms with Crippen LogP contribution in [0.4, 0.5) is 0 Å². The van der Waals surface area contributed by atoms with Crippen molar-refractivity contribution in [1.82, 2.24) is 0 Å². The molecule has 0 radical (unpaired) electrons. The van der Waals surface area contributed by atoms with E-state index in [0.717, 1.165) is 21.9 Å². The summed E-state index contributed by atoms with van der Waals surface area (Å²) in [6.07, 6.45) is -0.387. The SMILES string of the molecule is O=S(=O)(O)C1c2cccc3cccc(c23)C1S(=O)(=O)OC1Cc2cccc3cccc1c23.